The van der Waals surface area contributed by atoms with Crippen LogP contribution in [0.1, 0.15) is 43.0 Å². The van der Waals surface area contributed by atoms with E-state index in [1.54, 1.807) is 23.5 Å². The van der Waals surface area contributed by atoms with Crippen molar-refractivity contribution in [1.29, 1.82) is 0 Å². The van der Waals surface area contributed by atoms with Gasteiger partial charge < -0.3 is 11.4 Å². The van der Waals surface area contributed by atoms with Crippen molar-refractivity contribution in [3.63, 3.8) is 0 Å². The molecule has 0 aliphatic heterocycles. The van der Waals surface area contributed by atoms with E-state index in [9.17, 15) is 9.90 Å². The first-order valence-corrected chi connectivity index (χ1v) is 12.2. The molecule has 168 valence electrons. The molecule has 1 saturated carbocycles. The van der Waals surface area contributed by atoms with Gasteiger partial charge in [-0.15, -0.1) is 0 Å². The number of hydrogen-bond acceptors (Lipinski definition) is 4. The quantitative estimate of drug-likeness (QED) is 0.404. The molecule has 0 bridgehead atoms. The van der Waals surface area contributed by atoms with Crippen LogP contribution in [0.5, 0.6) is 0 Å². The molecule has 0 unspecified atom stereocenters. The summed E-state index contributed by atoms with van der Waals surface area (Å²) in [4.78, 5) is 20.3. The molecule has 1 aliphatic rings. The molecule has 0 radical (unpaired) electrons. The topological polar surface area (TPSA) is 53.4 Å². The van der Waals surface area contributed by atoms with Crippen molar-refractivity contribution in [3.8, 4) is 21.7 Å². The van der Waals surface area contributed by atoms with Crippen LogP contribution in [0.15, 0.2) is 84.9 Å². The summed E-state index contributed by atoms with van der Waals surface area (Å²) in [5.74, 6) is -0.892. The van der Waals surface area contributed by atoms with Crippen LogP contribution >= 0.6 is 11.3 Å². The fourth-order valence-electron chi connectivity index (χ4n) is 4.58. The van der Waals surface area contributed by atoms with Gasteiger partial charge in [0.2, 0.25) is 0 Å². The third kappa shape index (κ3) is 5.44. The Hall–Kier alpha value is -2.44. The third-order valence-electron chi connectivity index (χ3n) is 6.24. The summed E-state index contributed by atoms with van der Waals surface area (Å²) in [6, 6.07) is 28.5. The molecule has 4 nitrogen and oxygen atoms in total. The van der Waals surface area contributed by atoms with Gasteiger partial charge in [0.15, 0.2) is 5.13 Å². The molecule has 34 heavy (non-hydrogen) atoms. The number of carboxylic acid groups (broad SMARTS) is 1. The van der Waals surface area contributed by atoms with E-state index in [0.29, 0.717) is 18.2 Å². The van der Waals surface area contributed by atoms with E-state index in [4.69, 9.17) is 4.98 Å². The van der Waals surface area contributed by atoms with Gasteiger partial charge >= 0.3 is 35.5 Å². The Morgan fingerprint density at radius 2 is 1.59 bits per heavy atom. The van der Waals surface area contributed by atoms with Crippen molar-refractivity contribution < 1.29 is 40.9 Å². The van der Waals surface area contributed by atoms with Gasteiger partial charge in [0.05, 0.1) is 16.1 Å². The standard InChI is InChI=1S/C28H26N2O2S.Na.H/c31-27(32)23-15-9-10-20(18-23)19-30(24-16-7-8-17-24)28-29-25(21-11-3-1-4-12-21)26(33-28)22-13-5-2-6-14-22;;/h1-6,9-15,18,24H,7-8,16-17,19H2,(H,31,32);;/q;+1;-1. The van der Waals surface area contributed by atoms with Crippen molar-refractivity contribution in [2.24, 2.45) is 0 Å². The van der Waals surface area contributed by atoms with Crippen molar-refractivity contribution in [1.82, 2.24) is 4.98 Å². The molecule has 1 aromatic heterocycles. The maximum absolute atomic E-state index is 11.5. The second-order valence-corrected chi connectivity index (χ2v) is 9.46. The number of anilines is 1. The number of thiazole rings is 1. The molecule has 0 amide bonds. The molecule has 3 aromatic carbocycles. The molecule has 0 atom stereocenters. The van der Waals surface area contributed by atoms with E-state index in [0.717, 1.165) is 34.8 Å². The van der Waals surface area contributed by atoms with Crippen LogP contribution in [0.3, 0.4) is 0 Å². The van der Waals surface area contributed by atoms with E-state index < -0.39 is 5.97 Å². The SMILES string of the molecule is O=C(O)c1cccc(CN(c2nc(-c3ccccc3)c(-c3ccccc3)s2)C2CCCC2)c1.[H-].[Na+]. The number of aromatic carboxylic acids is 1. The Bertz CT molecular complexity index is 1190. The first-order valence-electron chi connectivity index (χ1n) is 11.4. The third-order valence-corrected chi connectivity index (χ3v) is 7.38. The zero-order valence-corrected chi connectivity index (χ0v) is 22.2. The zero-order valence-electron chi connectivity index (χ0n) is 20.4. The van der Waals surface area contributed by atoms with E-state index in [-0.39, 0.29) is 31.0 Å². The van der Waals surface area contributed by atoms with Crippen LogP contribution in [0, 0.1) is 0 Å². The fraction of sp³-hybridized carbons (Fsp3) is 0.214. The van der Waals surface area contributed by atoms with Crippen LogP contribution in [-0.2, 0) is 6.54 Å². The van der Waals surface area contributed by atoms with Crippen molar-refractivity contribution in [2.45, 2.75) is 38.3 Å². The summed E-state index contributed by atoms with van der Waals surface area (Å²) in [7, 11) is 0. The molecule has 0 spiro atoms. The van der Waals surface area contributed by atoms with E-state index in [1.807, 2.05) is 24.3 Å². The van der Waals surface area contributed by atoms with E-state index in [1.165, 1.54) is 23.3 Å². The first-order chi connectivity index (χ1) is 16.2. The van der Waals surface area contributed by atoms with E-state index >= 15 is 0 Å². The normalized spacial score (nSPS) is 13.4. The Morgan fingerprint density at radius 1 is 0.941 bits per heavy atom. The number of rotatable bonds is 7. The summed E-state index contributed by atoms with van der Waals surface area (Å²) in [6.07, 6.45) is 4.72. The number of benzene rings is 3. The van der Waals surface area contributed by atoms with Gasteiger partial charge in [-0.05, 0) is 36.1 Å². The van der Waals surface area contributed by atoms with Crippen LogP contribution in [0.4, 0.5) is 5.13 Å². The number of nitrogens with zero attached hydrogens (tertiary/aromatic N) is 2. The molecule has 1 fully saturated rings. The molecule has 5 rings (SSSR count). The van der Waals surface area contributed by atoms with Crippen LogP contribution < -0.4 is 34.5 Å². The number of aromatic nitrogens is 1. The molecule has 1 heterocycles. The van der Waals surface area contributed by atoms with E-state index in [2.05, 4.69) is 53.4 Å². The average molecular weight is 479 g/mol. The number of carboxylic acids is 1. The Labute approximate surface area is 228 Å². The summed E-state index contributed by atoms with van der Waals surface area (Å²) >= 11 is 1.73. The smallest absolute Gasteiger partial charge is 1.00 e. The van der Waals surface area contributed by atoms with Crippen molar-refractivity contribution in [2.75, 3.05) is 4.90 Å². The van der Waals surface area contributed by atoms with Gasteiger partial charge in [0, 0.05) is 18.2 Å². The minimum absolute atomic E-state index is 0. The number of carbonyl (C=O) groups is 1. The fourth-order valence-corrected chi connectivity index (χ4v) is 5.74. The maximum Gasteiger partial charge on any atom is 1.00 e. The summed E-state index contributed by atoms with van der Waals surface area (Å²) < 4.78 is 0. The second-order valence-electron chi connectivity index (χ2n) is 8.48. The molecular formula is C28H27N2NaO2S. The second kappa shape index (κ2) is 11.3. The Kier molecular flexibility index (Phi) is 8.22. The first kappa shape index (κ1) is 24.7. The summed E-state index contributed by atoms with van der Waals surface area (Å²) in [6.45, 7) is 0.655. The zero-order chi connectivity index (χ0) is 22.6. The minimum Gasteiger partial charge on any atom is -1.00 e. The van der Waals surface area contributed by atoms with Gasteiger partial charge in [-0.3, -0.25) is 0 Å². The average Bonchev–Trinajstić information content (AvgIpc) is 3.55. The minimum atomic E-state index is -0.892. The largest absolute Gasteiger partial charge is 1.00 e. The maximum atomic E-state index is 11.5. The number of hydrogen-bond donors (Lipinski definition) is 1. The summed E-state index contributed by atoms with van der Waals surface area (Å²) in [5.41, 5.74) is 4.61. The predicted octanol–water partition coefficient (Wildman–Crippen LogP) is 4.24. The van der Waals surface area contributed by atoms with Crippen molar-refractivity contribution >= 4 is 22.4 Å². The molecule has 0 saturated heterocycles. The van der Waals surface area contributed by atoms with Gasteiger partial charge in [0.25, 0.3) is 0 Å². The van der Waals surface area contributed by atoms with Gasteiger partial charge in [-0.1, -0.05) is 97.0 Å². The predicted molar refractivity (Wildman–Crippen MR) is 136 cm³/mol. The monoisotopic (exact) mass is 478 g/mol. The Balaban J connectivity index is 0.00000171. The van der Waals surface area contributed by atoms with Crippen LogP contribution in [0.2, 0.25) is 0 Å². The molecule has 4 aromatic rings. The van der Waals surface area contributed by atoms with Crippen LogP contribution in [0.25, 0.3) is 21.7 Å². The molecule has 1 N–H and O–H groups in total. The van der Waals surface area contributed by atoms with Crippen molar-refractivity contribution in [3.05, 3.63) is 96.1 Å². The summed E-state index contributed by atoms with van der Waals surface area (Å²) in [5, 5.41) is 10.4. The Morgan fingerprint density at radius 3 is 2.24 bits per heavy atom. The van der Waals surface area contributed by atoms with Gasteiger partial charge in [-0.25, -0.2) is 9.78 Å². The molecular weight excluding hydrogens is 451 g/mol. The molecule has 6 heteroatoms. The molecule has 1 aliphatic carbocycles. The van der Waals surface area contributed by atoms with Crippen LogP contribution in [-0.4, -0.2) is 22.1 Å². The van der Waals surface area contributed by atoms with Gasteiger partial charge in [0.1, 0.15) is 0 Å². The van der Waals surface area contributed by atoms with Gasteiger partial charge in [-0.2, -0.15) is 0 Å².